The standard InChI is InChI=1S/C24H23FN4O6S2/c1-36(32,33)27-16-10-11-18-20(12-16)37(34,35)28-23(26-18)21-22(30)17-4-2-3-5-19(17)29(24(21)31)13-14-6-8-15(25)9-7-14/h3,5-12,17,19,27,30H,2,4,13H2,1H3,(H,26,28). The van der Waals surface area contributed by atoms with Crippen molar-refractivity contribution in [2.24, 2.45) is 10.3 Å². The topological polar surface area (TPSA) is 145 Å². The molecule has 2 heterocycles. The van der Waals surface area contributed by atoms with Gasteiger partial charge in [0.15, 0.2) is 5.84 Å². The first kappa shape index (κ1) is 25.0. The minimum absolute atomic E-state index is 0.0309. The first-order chi connectivity index (χ1) is 17.4. The van der Waals surface area contributed by atoms with Gasteiger partial charge in [0.05, 0.1) is 18.0 Å². The number of amides is 1. The van der Waals surface area contributed by atoms with Gasteiger partial charge in [0.25, 0.3) is 15.9 Å². The van der Waals surface area contributed by atoms with Crippen LogP contribution in [0.1, 0.15) is 18.4 Å². The summed E-state index contributed by atoms with van der Waals surface area (Å²) < 4.78 is 68.6. The Morgan fingerprint density at radius 1 is 1.22 bits per heavy atom. The fraction of sp³-hybridized carbons (Fsp3) is 0.250. The van der Waals surface area contributed by atoms with Gasteiger partial charge in [0.2, 0.25) is 10.0 Å². The van der Waals surface area contributed by atoms with Gasteiger partial charge in [-0.1, -0.05) is 24.3 Å². The van der Waals surface area contributed by atoms with Gasteiger partial charge in [-0.3, -0.25) is 9.52 Å². The summed E-state index contributed by atoms with van der Waals surface area (Å²) in [5, 5.41) is 14.0. The summed E-state index contributed by atoms with van der Waals surface area (Å²) in [4.78, 5) is 14.9. The molecule has 1 aliphatic carbocycles. The van der Waals surface area contributed by atoms with Gasteiger partial charge in [-0.15, -0.1) is 4.40 Å². The van der Waals surface area contributed by atoms with Gasteiger partial charge < -0.3 is 15.3 Å². The second-order valence-electron chi connectivity index (χ2n) is 9.05. The number of anilines is 2. The highest BCUT2D eigenvalue weighted by Gasteiger charge is 2.44. The Hall–Kier alpha value is -3.71. The quantitative estimate of drug-likeness (QED) is 0.489. The molecule has 3 aliphatic rings. The van der Waals surface area contributed by atoms with Crippen LogP contribution in [0.25, 0.3) is 0 Å². The molecule has 0 fully saturated rings. The van der Waals surface area contributed by atoms with Crippen molar-refractivity contribution in [1.29, 1.82) is 0 Å². The zero-order chi connectivity index (χ0) is 26.5. The summed E-state index contributed by atoms with van der Waals surface area (Å²) in [7, 11) is -8.00. The zero-order valence-corrected chi connectivity index (χ0v) is 21.2. The molecule has 2 aromatic carbocycles. The highest BCUT2D eigenvalue weighted by atomic mass is 32.2. The molecule has 3 N–H and O–H groups in total. The summed E-state index contributed by atoms with van der Waals surface area (Å²) in [6.07, 6.45) is 5.88. The van der Waals surface area contributed by atoms with Crippen LogP contribution < -0.4 is 10.0 Å². The highest BCUT2D eigenvalue weighted by molar-refractivity contribution is 7.92. The molecule has 194 valence electrons. The van der Waals surface area contributed by atoms with Crippen molar-refractivity contribution in [3.05, 3.63) is 77.3 Å². The predicted octanol–water partition coefficient (Wildman–Crippen LogP) is 2.90. The molecule has 0 bridgehead atoms. The molecule has 1 amide bonds. The number of fused-ring (bicyclic) bond motifs is 2. The lowest BCUT2D eigenvalue weighted by Crippen LogP contribution is -2.51. The molecular formula is C24H23FN4O6S2. The van der Waals surface area contributed by atoms with Crippen LogP contribution >= 0.6 is 0 Å². The van der Waals surface area contributed by atoms with E-state index in [1.165, 1.54) is 29.2 Å². The van der Waals surface area contributed by atoms with E-state index >= 15 is 0 Å². The van der Waals surface area contributed by atoms with Crippen LogP contribution in [0, 0.1) is 11.7 Å². The lowest BCUT2D eigenvalue weighted by atomic mass is 9.81. The Morgan fingerprint density at radius 3 is 2.65 bits per heavy atom. The molecule has 13 heteroatoms. The zero-order valence-electron chi connectivity index (χ0n) is 19.5. The van der Waals surface area contributed by atoms with E-state index < -0.39 is 43.7 Å². The van der Waals surface area contributed by atoms with E-state index in [0.29, 0.717) is 18.4 Å². The second-order valence-corrected chi connectivity index (χ2v) is 12.4. The van der Waals surface area contributed by atoms with E-state index in [4.69, 9.17) is 0 Å². The van der Waals surface area contributed by atoms with Crippen LogP contribution in [0.2, 0.25) is 0 Å². The third-order valence-electron chi connectivity index (χ3n) is 6.36. The van der Waals surface area contributed by atoms with Crippen molar-refractivity contribution >= 4 is 43.2 Å². The number of amidine groups is 1. The minimum Gasteiger partial charge on any atom is -0.511 e. The fourth-order valence-electron chi connectivity index (χ4n) is 4.74. The molecule has 5 rings (SSSR count). The maximum absolute atomic E-state index is 13.7. The van der Waals surface area contributed by atoms with Gasteiger partial charge in [-0.2, -0.15) is 8.42 Å². The third-order valence-corrected chi connectivity index (χ3v) is 8.29. The number of benzene rings is 2. The molecule has 10 nitrogen and oxygen atoms in total. The summed E-state index contributed by atoms with van der Waals surface area (Å²) in [5.74, 6) is -2.10. The van der Waals surface area contributed by atoms with E-state index in [0.717, 1.165) is 12.3 Å². The third kappa shape index (κ3) is 4.83. The maximum Gasteiger partial charge on any atom is 0.286 e. The van der Waals surface area contributed by atoms with Crippen LogP contribution in [0.5, 0.6) is 0 Å². The van der Waals surface area contributed by atoms with E-state index in [2.05, 4.69) is 14.4 Å². The summed E-state index contributed by atoms with van der Waals surface area (Å²) >= 11 is 0. The molecule has 0 aromatic heterocycles. The average molecular weight is 547 g/mol. The van der Waals surface area contributed by atoms with Crippen molar-refractivity contribution in [2.75, 3.05) is 16.3 Å². The Labute approximate surface area is 213 Å². The molecule has 0 radical (unpaired) electrons. The van der Waals surface area contributed by atoms with Crippen molar-refractivity contribution in [1.82, 2.24) is 4.90 Å². The van der Waals surface area contributed by atoms with Crippen LogP contribution in [0.4, 0.5) is 15.8 Å². The number of aliphatic hydroxyl groups is 1. The van der Waals surface area contributed by atoms with Crippen LogP contribution in [-0.4, -0.2) is 50.9 Å². The Balaban J connectivity index is 1.55. The molecule has 2 aliphatic heterocycles. The average Bonchev–Trinajstić information content (AvgIpc) is 2.82. The molecule has 2 unspecified atom stereocenters. The number of halogens is 1. The molecule has 37 heavy (non-hydrogen) atoms. The number of hydrogen-bond acceptors (Lipinski definition) is 7. The Morgan fingerprint density at radius 2 is 1.95 bits per heavy atom. The number of nitrogens with zero attached hydrogens (tertiary/aromatic N) is 2. The number of hydrogen-bond donors (Lipinski definition) is 3. The summed E-state index contributed by atoms with van der Waals surface area (Å²) in [6, 6.07) is 9.06. The van der Waals surface area contributed by atoms with E-state index in [-0.39, 0.29) is 40.0 Å². The van der Waals surface area contributed by atoms with Crippen molar-refractivity contribution in [3.63, 3.8) is 0 Å². The normalized spacial score (nSPS) is 22.6. The number of nitrogens with one attached hydrogen (secondary N) is 2. The van der Waals surface area contributed by atoms with Gasteiger partial charge in [0, 0.05) is 18.2 Å². The lowest BCUT2D eigenvalue weighted by molar-refractivity contribution is -0.131. The smallest absolute Gasteiger partial charge is 0.286 e. The number of aliphatic hydroxyl groups excluding tert-OH is 1. The molecule has 2 atom stereocenters. The van der Waals surface area contributed by atoms with Gasteiger partial charge in [-0.05, 0) is 48.7 Å². The van der Waals surface area contributed by atoms with Crippen molar-refractivity contribution < 1.29 is 31.1 Å². The summed E-state index contributed by atoms with van der Waals surface area (Å²) in [6.45, 7) is 0.110. The first-order valence-corrected chi connectivity index (χ1v) is 14.7. The van der Waals surface area contributed by atoms with Crippen LogP contribution in [0.15, 0.2) is 75.2 Å². The minimum atomic E-state index is -4.36. The van der Waals surface area contributed by atoms with Gasteiger partial charge in [-0.25, -0.2) is 12.8 Å². The van der Waals surface area contributed by atoms with Crippen molar-refractivity contribution in [3.8, 4) is 0 Å². The largest absolute Gasteiger partial charge is 0.511 e. The Bertz CT molecular complexity index is 1600. The fourth-order valence-corrected chi connectivity index (χ4v) is 6.44. The Kier molecular flexibility index (Phi) is 6.07. The predicted molar refractivity (Wildman–Crippen MR) is 135 cm³/mol. The number of allylic oxidation sites excluding steroid dienone is 1. The molecule has 2 aromatic rings. The molecular weight excluding hydrogens is 523 g/mol. The lowest BCUT2D eigenvalue weighted by Gasteiger charge is -2.42. The van der Waals surface area contributed by atoms with Crippen LogP contribution in [-0.2, 0) is 31.4 Å². The van der Waals surface area contributed by atoms with E-state index in [1.54, 1.807) is 12.1 Å². The monoisotopic (exact) mass is 546 g/mol. The number of sulfonamides is 2. The molecule has 0 spiro atoms. The molecule has 0 saturated carbocycles. The van der Waals surface area contributed by atoms with Gasteiger partial charge >= 0.3 is 0 Å². The van der Waals surface area contributed by atoms with Gasteiger partial charge in [0.1, 0.15) is 22.0 Å². The molecule has 0 saturated heterocycles. The van der Waals surface area contributed by atoms with Crippen LogP contribution in [0.3, 0.4) is 0 Å². The maximum atomic E-state index is 13.7. The highest BCUT2D eigenvalue weighted by Crippen LogP contribution is 2.39. The number of rotatable bonds is 5. The summed E-state index contributed by atoms with van der Waals surface area (Å²) in [5.41, 5.74) is 0.512. The van der Waals surface area contributed by atoms with E-state index in [9.17, 15) is 31.1 Å². The van der Waals surface area contributed by atoms with E-state index in [1.807, 2.05) is 12.2 Å². The second kappa shape index (κ2) is 8.99. The number of carbonyl (C=O) groups excluding carboxylic acids is 1. The van der Waals surface area contributed by atoms with Crippen molar-refractivity contribution in [2.45, 2.75) is 30.3 Å². The SMILES string of the molecule is CS(=O)(=O)Nc1ccc2c(c1)S(=O)(=O)N=C(C1=C(O)C3CCC=CC3N(Cc3ccc(F)cc3)C1=O)N2. The number of carbonyl (C=O) groups is 1. The first-order valence-electron chi connectivity index (χ1n) is 11.3.